The Labute approximate surface area is 127 Å². The maximum atomic E-state index is 12.0. The van der Waals surface area contributed by atoms with Crippen LogP contribution in [0.25, 0.3) is 0 Å². The van der Waals surface area contributed by atoms with Gasteiger partial charge in [-0.05, 0) is 43.0 Å². The molecular formula is C16H16N2O2S. The quantitative estimate of drug-likeness (QED) is 0.914. The van der Waals surface area contributed by atoms with Crippen molar-refractivity contribution in [2.75, 3.05) is 10.6 Å². The van der Waals surface area contributed by atoms with Gasteiger partial charge in [0.25, 0.3) is 0 Å². The number of benzene rings is 1. The molecule has 2 N–H and O–H groups in total. The van der Waals surface area contributed by atoms with Gasteiger partial charge < -0.3 is 10.6 Å². The lowest BCUT2D eigenvalue weighted by Crippen LogP contribution is -2.26. The number of anilines is 2. The average molecular weight is 300 g/mol. The summed E-state index contributed by atoms with van der Waals surface area (Å²) in [6.45, 7) is 3.78. The van der Waals surface area contributed by atoms with Crippen LogP contribution in [0.5, 0.6) is 0 Å². The van der Waals surface area contributed by atoms with Crippen molar-refractivity contribution in [1.82, 2.24) is 0 Å². The molecule has 0 fully saturated rings. The van der Waals surface area contributed by atoms with E-state index >= 15 is 0 Å². The van der Waals surface area contributed by atoms with Crippen molar-refractivity contribution in [2.24, 2.45) is 0 Å². The van der Waals surface area contributed by atoms with Gasteiger partial charge in [-0.3, -0.25) is 9.59 Å². The maximum Gasteiger partial charge on any atom is 0.234 e. The molecule has 0 atom stereocenters. The summed E-state index contributed by atoms with van der Waals surface area (Å²) in [4.78, 5) is 24.9. The van der Waals surface area contributed by atoms with E-state index in [1.165, 1.54) is 0 Å². The molecule has 0 bridgehead atoms. The standard InChI is InChI=1S/C16H16N2O2S/c1-16(2)12-6-5-10(8-13(12)18-15(16)20)17-14(19)9-11-4-3-7-21-11/h3-8H,9H2,1-2H3,(H,17,19)(H,18,20). The van der Waals surface area contributed by atoms with Crippen molar-refractivity contribution in [3.8, 4) is 0 Å². The van der Waals surface area contributed by atoms with E-state index in [9.17, 15) is 9.59 Å². The van der Waals surface area contributed by atoms with Gasteiger partial charge in [-0.25, -0.2) is 0 Å². The number of rotatable bonds is 3. The van der Waals surface area contributed by atoms with E-state index in [0.29, 0.717) is 12.1 Å². The molecule has 21 heavy (non-hydrogen) atoms. The molecule has 1 aliphatic rings. The molecule has 2 heterocycles. The fourth-order valence-electron chi connectivity index (χ4n) is 2.45. The molecule has 0 radical (unpaired) electrons. The van der Waals surface area contributed by atoms with Gasteiger partial charge in [0.1, 0.15) is 0 Å². The van der Waals surface area contributed by atoms with Gasteiger partial charge in [0.15, 0.2) is 0 Å². The molecule has 2 amide bonds. The maximum absolute atomic E-state index is 12.0. The van der Waals surface area contributed by atoms with E-state index in [4.69, 9.17) is 0 Å². The van der Waals surface area contributed by atoms with Gasteiger partial charge in [-0.15, -0.1) is 11.3 Å². The van der Waals surface area contributed by atoms with E-state index < -0.39 is 5.41 Å². The van der Waals surface area contributed by atoms with E-state index in [-0.39, 0.29) is 11.8 Å². The molecule has 5 heteroatoms. The van der Waals surface area contributed by atoms with Crippen LogP contribution in [0.15, 0.2) is 35.7 Å². The second-order valence-electron chi connectivity index (χ2n) is 5.64. The van der Waals surface area contributed by atoms with Crippen molar-refractivity contribution in [3.05, 3.63) is 46.2 Å². The number of amides is 2. The highest BCUT2D eigenvalue weighted by Crippen LogP contribution is 2.38. The van der Waals surface area contributed by atoms with Crippen LogP contribution in [0.3, 0.4) is 0 Å². The molecule has 108 valence electrons. The first-order valence-electron chi connectivity index (χ1n) is 6.75. The molecule has 1 aliphatic heterocycles. The number of carbonyl (C=O) groups is 2. The normalized spacial score (nSPS) is 15.4. The Morgan fingerprint density at radius 3 is 2.86 bits per heavy atom. The van der Waals surface area contributed by atoms with Crippen molar-refractivity contribution in [3.63, 3.8) is 0 Å². The predicted octanol–water partition coefficient (Wildman–Crippen LogP) is 3.16. The van der Waals surface area contributed by atoms with Crippen LogP contribution in [-0.2, 0) is 21.4 Å². The third-order valence-corrected chi connectivity index (χ3v) is 4.58. The first kappa shape index (κ1) is 13.8. The van der Waals surface area contributed by atoms with Gasteiger partial charge in [-0.2, -0.15) is 0 Å². The minimum absolute atomic E-state index is 0.0143. The van der Waals surface area contributed by atoms with Crippen LogP contribution < -0.4 is 10.6 Å². The highest BCUT2D eigenvalue weighted by Gasteiger charge is 2.38. The number of nitrogens with one attached hydrogen (secondary N) is 2. The topological polar surface area (TPSA) is 58.2 Å². The highest BCUT2D eigenvalue weighted by molar-refractivity contribution is 7.10. The number of thiophene rings is 1. The molecule has 1 aromatic heterocycles. The number of hydrogen-bond donors (Lipinski definition) is 2. The average Bonchev–Trinajstić information content (AvgIpc) is 2.97. The van der Waals surface area contributed by atoms with E-state index in [1.54, 1.807) is 11.3 Å². The number of carbonyl (C=O) groups excluding carboxylic acids is 2. The predicted molar refractivity (Wildman–Crippen MR) is 84.8 cm³/mol. The van der Waals surface area contributed by atoms with Gasteiger partial charge >= 0.3 is 0 Å². The summed E-state index contributed by atoms with van der Waals surface area (Å²) < 4.78 is 0. The molecule has 0 aliphatic carbocycles. The Hall–Kier alpha value is -2.14. The van der Waals surface area contributed by atoms with Gasteiger partial charge in [0, 0.05) is 16.3 Å². The Bertz CT molecular complexity index is 705. The van der Waals surface area contributed by atoms with Crippen LogP contribution in [0.2, 0.25) is 0 Å². The monoisotopic (exact) mass is 300 g/mol. The summed E-state index contributed by atoms with van der Waals surface area (Å²) in [5.41, 5.74) is 1.92. The van der Waals surface area contributed by atoms with E-state index in [0.717, 1.165) is 16.1 Å². The summed E-state index contributed by atoms with van der Waals surface area (Å²) in [5, 5.41) is 7.68. The molecule has 0 unspecified atom stereocenters. The first-order valence-corrected chi connectivity index (χ1v) is 7.63. The fourth-order valence-corrected chi connectivity index (χ4v) is 3.15. The van der Waals surface area contributed by atoms with Crippen LogP contribution in [0.1, 0.15) is 24.3 Å². The molecule has 0 saturated carbocycles. The summed E-state index contributed by atoms with van der Waals surface area (Å²) >= 11 is 1.56. The molecule has 0 saturated heterocycles. The Morgan fingerprint density at radius 2 is 2.14 bits per heavy atom. The lowest BCUT2D eigenvalue weighted by Gasteiger charge is -2.15. The van der Waals surface area contributed by atoms with Crippen LogP contribution in [-0.4, -0.2) is 11.8 Å². The van der Waals surface area contributed by atoms with Crippen molar-refractivity contribution in [1.29, 1.82) is 0 Å². The minimum Gasteiger partial charge on any atom is -0.326 e. The van der Waals surface area contributed by atoms with Gasteiger partial charge in [-0.1, -0.05) is 12.1 Å². The minimum atomic E-state index is -0.519. The largest absolute Gasteiger partial charge is 0.326 e. The number of fused-ring (bicyclic) bond motifs is 1. The Kier molecular flexibility index (Phi) is 3.29. The second-order valence-corrected chi connectivity index (χ2v) is 6.68. The molecule has 4 nitrogen and oxygen atoms in total. The van der Waals surface area contributed by atoms with E-state index in [1.807, 2.05) is 49.6 Å². The smallest absolute Gasteiger partial charge is 0.234 e. The fraction of sp³-hybridized carbons (Fsp3) is 0.250. The Balaban J connectivity index is 1.75. The van der Waals surface area contributed by atoms with Crippen molar-refractivity contribution < 1.29 is 9.59 Å². The summed E-state index contributed by atoms with van der Waals surface area (Å²) in [6, 6.07) is 9.42. The van der Waals surface area contributed by atoms with Crippen molar-refractivity contribution in [2.45, 2.75) is 25.7 Å². The lowest BCUT2D eigenvalue weighted by molar-refractivity contribution is -0.119. The highest BCUT2D eigenvalue weighted by atomic mass is 32.1. The first-order chi connectivity index (χ1) is 9.96. The second kappa shape index (κ2) is 5.00. The molecule has 0 spiro atoms. The zero-order valence-corrected chi connectivity index (χ0v) is 12.7. The molecular weight excluding hydrogens is 284 g/mol. The summed E-state index contributed by atoms with van der Waals surface area (Å²) in [6.07, 6.45) is 0.368. The number of hydrogen-bond acceptors (Lipinski definition) is 3. The van der Waals surface area contributed by atoms with E-state index in [2.05, 4.69) is 10.6 Å². The van der Waals surface area contributed by atoms with Crippen LogP contribution in [0.4, 0.5) is 11.4 Å². The van der Waals surface area contributed by atoms with Crippen LogP contribution in [0, 0.1) is 0 Å². The third-order valence-electron chi connectivity index (χ3n) is 3.71. The van der Waals surface area contributed by atoms with Gasteiger partial charge in [0.05, 0.1) is 11.8 Å². The lowest BCUT2D eigenvalue weighted by atomic mass is 9.86. The SMILES string of the molecule is CC1(C)C(=O)Nc2cc(NC(=O)Cc3cccs3)ccc21. The van der Waals surface area contributed by atoms with Gasteiger partial charge in [0.2, 0.25) is 11.8 Å². The summed E-state index contributed by atoms with van der Waals surface area (Å²) in [7, 11) is 0. The molecule has 1 aromatic carbocycles. The zero-order valence-electron chi connectivity index (χ0n) is 11.9. The van der Waals surface area contributed by atoms with Crippen molar-refractivity contribution >= 4 is 34.5 Å². The van der Waals surface area contributed by atoms with Crippen LogP contribution >= 0.6 is 11.3 Å². The summed E-state index contributed by atoms with van der Waals surface area (Å²) in [5.74, 6) is -0.0689. The Morgan fingerprint density at radius 1 is 1.33 bits per heavy atom. The molecule has 2 aromatic rings. The zero-order chi connectivity index (χ0) is 15.0. The third kappa shape index (κ3) is 2.56. The molecule has 3 rings (SSSR count).